The molecule has 1 aliphatic rings. The SMILES string of the molecule is CCOC(=O)c1c(-c2ccccc2)csc1NC(=O)COC(=O)c1cccc(S(=O)(=O)N2CCOCC2)c1. The average Bonchev–Trinajstić information content (AvgIpc) is 3.36. The van der Waals surface area contributed by atoms with Gasteiger partial charge in [-0.2, -0.15) is 4.31 Å². The van der Waals surface area contributed by atoms with Gasteiger partial charge >= 0.3 is 11.9 Å². The Morgan fingerprint density at radius 1 is 1.00 bits per heavy atom. The number of carbonyl (C=O) groups excluding carboxylic acids is 3. The van der Waals surface area contributed by atoms with Crippen molar-refractivity contribution in [3.63, 3.8) is 0 Å². The molecule has 1 saturated heterocycles. The van der Waals surface area contributed by atoms with Gasteiger partial charge in [0.2, 0.25) is 10.0 Å². The van der Waals surface area contributed by atoms with E-state index in [0.717, 1.165) is 16.9 Å². The number of thiophene rings is 1. The van der Waals surface area contributed by atoms with Crippen molar-refractivity contribution in [2.24, 2.45) is 0 Å². The van der Waals surface area contributed by atoms with Crippen molar-refractivity contribution < 1.29 is 37.0 Å². The summed E-state index contributed by atoms with van der Waals surface area (Å²) in [7, 11) is -3.80. The fourth-order valence-corrected chi connectivity index (χ4v) is 6.21. The molecular formula is C26H26N2O8S2. The first-order chi connectivity index (χ1) is 18.3. The summed E-state index contributed by atoms with van der Waals surface area (Å²) in [5, 5.41) is 4.62. The van der Waals surface area contributed by atoms with Crippen LogP contribution in [0.1, 0.15) is 27.6 Å². The van der Waals surface area contributed by atoms with Crippen LogP contribution in [-0.4, -0.2) is 70.1 Å². The van der Waals surface area contributed by atoms with Gasteiger partial charge in [0.15, 0.2) is 6.61 Å². The minimum Gasteiger partial charge on any atom is -0.462 e. The fraction of sp³-hybridized carbons (Fsp3) is 0.269. The molecule has 0 spiro atoms. The molecule has 2 aromatic carbocycles. The maximum absolute atomic E-state index is 12.9. The quantitative estimate of drug-likeness (QED) is 0.396. The highest BCUT2D eigenvalue weighted by molar-refractivity contribution is 7.89. The first-order valence-electron chi connectivity index (χ1n) is 11.8. The Morgan fingerprint density at radius 2 is 1.74 bits per heavy atom. The average molecular weight is 559 g/mol. The van der Waals surface area contributed by atoms with Crippen LogP contribution >= 0.6 is 11.3 Å². The number of benzene rings is 2. The molecule has 1 amide bonds. The first-order valence-corrected chi connectivity index (χ1v) is 14.1. The van der Waals surface area contributed by atoms with Crippen LogP contribution in [-0.2, 0) is 29.0 Å². The third kappa shape index (κ3) is 6.27. The van der Waals surface area contributed by atoms with Crippen molar-refractivity contribution in [2.75, 3.05) is 44.8 Å². The predicted molar refractivity (Wildman–Crippen MR) is 141 cm³/mol. The zero-order chi connectivity index (χ0) is 27.1. The number of sulfonamides is 1. The number of morpholine rings is 1. The van der Waals surface area contributed by atoms with Crippen molar-refractivity contribution >= 4 is 44.2 Å². The van der Waals surface area contributed by atoms with Crippen LogP contribution in [0.4, 0.5) is 5.00 Å². The van der Waals surface area contributed by atoms with Crippen LogP contribution in [0.5, 0.6) is 0 Å². The van der Waals surface area contributed by atoms with Gasteiger partial charge in [0.1, 0.15) is 10.6 Å². The number of esters is 2. The summed E-state index contributed by atoms with van der Waals surface area (Å²) < 4.78 is 42.6. The number of hydrogen-bond acceptors (Lipinski definition) is 9. The van der Waals surface area contributed by atoms with Crippen molar-refractivity contribution in [3.05, 3.63) is 71.1 Å². The Kier molecular flexibility index (Phi) is 8.89. The molecule has 1 aliphatic heterocycles. The highest BCUT2D eigenvalue weighted by Crippen LogP contribution is 2.36. The van der Waals surface area contributed by atoms with Crippen LogP contribution in [0.15, 0.2) is 64.9 Å². The van der Waals surface area contributed by atoms with E-state index in [2.05, 4.69) is 5.32 Å². The minimum absolute atomic E-state index is 0.0122. The zero-order valence-electron chi connectivity index (χ0n) is 20.5. The molecule has 1 N–H and O–H groups in total. The molecule has 200 valence electrons. The molecule has 38 heavy (non-hydrogen) atoms. The monoisotopic (exact) mass is 558 g/mol. The molecule has 0 bridgehead atoms. The van der Waals surface area contributed by atoms with E-state index in [1.54, 1.807) is 12.3 Å². The number of nitrogens with one attached hydrogen (secondary N) is 1. The molecule has 1 aromatic heterocycles. The smallest absolute Gasteiger partial charge is 0.341 e. The number of amides is 1. The Bertz CT molecular complexity index is 1410. The van der Waals surface area contributed by atoms with E-state index in [4.69, 9.17) is 14.2 Å². The van der Waals surface area contributed by atoms with Crippen LogP contribution < -0.4 is 5.32 Å². The van der Waals surface area contributed by atoms with Gasteiger partial charge in [-0.1, -0.05) is 36.4 Å². The van der Waals surface area contributed by atoms with E-state index >= 15 is 0 Å². The summed E-state index contributed by atoms with van der Waals surface area (Å²) in [6.45, 7) is 2.25. The number of ether oxygens (including phenoxy) is 3. The molecule has 0 unspecified atom stereocenters. The number of rotatable bonds is 9. The molecule has 0 saturated carbocycles. The summed E-state index contributed by atoms with van der Waals surface area (Å²) in [4.78, 5) is 37.8. The van der Waals surface area contributed by atoms with E-state index in [1.807, 2.05) is 30.3 Å². The Labute approximate surface area is 224 Å². The largest absolute Gasteiger partial charge is 0.462 e. The lowest BCUT2D eigenvalue weighted by Crippen LogP contribution is -2.40. The summed E-state index contributed by atoms with van der Waals surface area (Å²) in [6, 6.07) is 14.7. The van der Waals surface area contributed by atoms with Gasteiger partial charge in [0.05, 0.1) is 30.3 Å². The molecule has 3 aromatic rings. The molecule has 4 rings (SSSR count). The minimum atomic E-state index is -3.80. The molecule has 0 atom stereocenters. The number of anilines is 1. The predicted octanol–water partition coefficient (Wildman–Crippen LogP) is 3.41. The van der Waals surface area contributed by atoms with Gasteiger partial charge in [-0.3, -0.25) is 4.79 Å². The first kappa shape index (κ1) is 27.5. The molecule has 12 heteroatoms. The summed E-state index contributed by atoms with van der Waals surface area (Å²) in [5.41, 5.74) is 1.59. The highest BCUT2D eigenvalue weighted by Gasteiger charge is 2.27. The molecule has 1 fully saturated rings. The number of nitrogens with zero attached hydrogens (tertiary/aromatic N) is 1. The van der Waals surface area contributed by atoms with Gasteiger partial charge < -0.3 is 19.5 Å². The standard InChI is InChI=1S/C26H26N2O8S2/c1-2-35-26(31)23-21(18-7-4-3-5-8-18)17-37-24(23)27-22(29)16-36-25(30)19-9-6-10-20(15-19)38(32,33)28-11-13-34-14-12-28/h3-10,15,17H,2,11-14,16H2,1H3,(H,27,29). The van der Waals surface area contributed by atoms with E-state index < -0.39 is 34.5 Å². The molecule has 2 heterocycles. The maximum Gasteiger partial charge on any atom is 0.341 e. The second-order valence-corrected chi connectivity index (χ2v) is 10.9. The normalized spacial score (nSPS) is 14.0. The zero-order valence-corrected chi connectivity index (χ0v) is 22.2. The molecule has 10 nitrogen and oxygen atoms in total. The van der Waals surface area contributed by atoms with Crippen LogP contribution in [0.3, 0.4) is 0 Å². The second kappa shape index (κ2) is 12.3. The molecular weight excluding hydrogens is 532 g/mol. The summed E-state index contributed by atoms with van der Waals surface area (Å²) in [6.07, 6.45) is 0. The topological polar surface area (TPSA) is 128 Å². The lowest BCUT2D eigenvalue weighted by atomic mass is 10.0. The van der Waals surface area contributed by atoms with Gasteiger partial charge in [-0.05, 0) is 30.7 Å². The van der Waals surface area contributed by atoms with Gasteiger partial charge in [0, 0.05) is 24.0 Å². The Hall–Kier alpha value is -3.58. The Morgan fingerprint density at radius 3 is 2.45 bits per heavy atom. The van der Waals surface area contributed by atoms with Crippen LogP contribution in [0, 0.1) is 0 Å². The molecule has 0 aliphatic carbocycles. The van der Waals surface area contributed by atoms with Crippen LogP contribution in [0.25, 0.3) is 11.1 Å². The van der Waals surface area contributed by atoms with Gasteiger partial charge in [-0.25, -0.2) is 18.0 Å². The van der Waals surface area contributed by atoms with Crippen molar-refractivity contribution in [2.45, 2.75) is 11.8 Å². The summed E-state index contributed by atoms with van der Waals surface area (Å²) in [5.74, 6) is -2.11. The van der Waals surface area contributed by atoms with E-state index in [1.165, 1.54) is 28.6 Å². The van der Waals surface area contributed by atoms with E-state index in [9.17, 15) is 22.8 Å². The van der Waals surface area contributed by atoms with Crippen molar-refractivity contribution in [1.29, 1.82) is 0 Å². The Balaban J connectivity index is 1.44. The third-order valence-electron chi connectivity index (χ3n) is 5.62. The maximum atomic E-state index is 12.9. The summed E-state index contributed by atoms with van der Waals surface area (Å²) >= 11 is 1.15. The van der Waals surface area contributed by atoms with Gasteiger partial charge in [0.25, 0.3) is 5.91 Å². The molecule has 0 radical (unpaired) electrons. The fourth-order valence-electron chi connectivity index (χ4n) is 3.78. The number of hydrogen-bond donors (Lipinski definition) is 1. The lowest BCUT2D eigenvalue weighted by Gasteiger charge is -2.26. The van der Waals surface area contributed by atoms with E-state index in [0.29, 0.717) is 18.8 Å². The van der Waals surface area contributed by atoms with Gasteiger partial charge in [-0.15, -0.1) is 11.3 Å². The lowest BCUT2D eigenvalue weighted by molar-refractivity contribution is -0.119. The van der Waals surface area contributed by atoms with Crippen LogP contribution in [0.2, 0.25) is 0 Å². The van der Waals surface area contributed by atoms with E-state index in [-0.39, 0.29) is 40.7 Å². The second-order valence-electron chi connectivity index (χ2n) is 8.11. The van der Waals surface area contributed by atoms with Crippen molar-refractivity contribution in [3.8, 4) is 11.1 Å². The number of carbonyl (C=O) groups is 3. The highest BCUT2D eigenvalue weighted by atomic mass is 32.2. The van der Waals surface area contributed by atoms with Crippen molar-refractivity contribution in [1.82, 2.24) is 4.31 Å². The third-order valence-corrected chi connectivity index (χ3v) is 8.41.